The fourth-order valence-electron chi connectivity index (χ4n) is 3.04. The van der Waals surface area contributed by atoms with Crippen molar-refractivity contribution in [2.45, 2.75) is 6.92 Å². The standard InChI is InChI=1S/C22H18N4O3/c1-14-18(21(27)24-17-10-7-16(8-11-17)22(28)29-2)13-23-26(14)20-12-9-15-5-3-4-6-19(15)25-20/h3-13H,1-2H3,(H,24,27). The van der Waals surface area contributed by atoms with E-state index < -0.39 is 5.97 Å². The van der Waals surface area contributed by atoms with E-state index in [-0.39, 0.29) is 5.91 Å². The SMILES string of the molecule is COC(=O)c1ccc(NC(=O)c2cnn(-c3ccc4ccccc4n3)c2C)cc1. The first-order valence-electron chi connectivity index (χ1n) is 8.97. The van der Waals surface area contributed by atoms with Gasteiger partial charge in [0.05, 0.1) is 35.6 Å². The molecule has 0 fully saturated rings. The van der Waals surface area contributed by atoms with Gasteiger partial charge in [-0.1, -0.05) is 18.2 Å². The monoisotopic (exact) mass is 386 g/mol. The normalized spacial score (nSPS) is 10.7. The quantitative estimate of drug-likeness (QED) is 0.540. The van der Waals surface area contributed by atoms with Crippen molar-refractivity contribution in [2.75, 3.05) is 12.4 Å². The zero-order valence-corrected chi connectivity index (χ0v) is 15.9. The fourth-order valence-corrected chi connectivity index (χ4v) is 3.04. The first kappa shape index (κ1) is 18.4. The van der Waals surface area contributed by atoms with Crippen molar-refractivity contribution in [3.8, 4) is 5.82 Å². The number of benzene rings is 2. The molecule has 29 heavy (non-hydrogen) atoms. The number of hydrogen-bond acceptors (Lipinski definition) is 5. The molecule has 7 heteroatoms. The maximum absolute atomic E-state index is 12.7. The second kappa shape index (κ2) is 7.55. The van der Waals surface area contributed by atoms with Crippen LogP contribution in [0.3, 0.4) is 0 Å². The lowest BCUT2D eigenvalue weighted by Crippen LogP contribution is -2.13. The van der Waals surface area contributed by atoms with Gasteiger partial charge in [0.1, 0.15) is 0 Å². The van der Waals surface area contributed by atoms with E-state index in [0.717, 1.165) is 10.9 Å². The molecule has 0 unspecified atom stereocenters. The Morgan fingerprint density at radius 2 is 1.76 bits per heavy atom. The molecule has 0 aliphatic heterocycles. The van der Waals surface area contributed by atoms with E-state index in [4.69, 9.17) is 0 Å². The molecule has 2 heterocycles. The van der Waals surface area contributed by atoms with E-state index in [0.29, 0.717) is 28.3 Å². The summed E-state index contributed by atoms with van der Waals surface area (Å²) in [6.45, 7) is 1.82. The van der Waals surface area contributed by atoms with Crippen LogP contribution >= 0.6 is 0 Å². The van der Waals surface area contributed by atoms with Gasteiger partial charge in [-0.15, -0.1) is 0 Å². The molecule has 0 bridgehead atoms. The van der Waals surface area contributed by atoms with E-state index in [1.807, 2.05) is 43.3 Å². The van der Waals surface area contributed by atoms with Crippen LogP contribution in [0.5, 0.6) is 0 Å². The molecule has 1 N–H and O–H groups in total. The number of carbonyl (C=O) groups is 2. The summed E-state index contributed by atoms with van der Waals surface area (Å²) in [7, 11) is 1.32. The van der Waals surface area contributed by atoms with E-state index >= 15 is 0 Å². The van der Waals surface area contributed by atoms with Gasteiger partial charge in [-0.2, -0.15) is 5.10 Å². The van der Waals surface area contributed by atoms with Crippen molar-refractivity contribution in [3.63, 3.8) is 0 Å². The first-order valence-corrected chi connectivity index (χ1v) is 8.97. The van der Waals surface area contributed by atoms with Crippen molar-refractivity contribution < 1.29 is 14.3 Å². The molecule has 0 atom stereocenters. The highest BCUT2D eigenvalue weighted by molar-refractivity contribution is 6.05. The molecule has 0 aliphatic rings. The number of hydrogen-bond donors (Lipinski definition) is 1. The first-order chi connectivity index (χ1) is 14.1. The largest absolute Gasteiger partial charge is 0.465 e. The number of para-hydroxylation sites is 1. The zero-order chi connectivity index (χ0) is 20.4. The van der Waals surface area contributed by atoms with E-state index in [2.05, 4.69) is 20.1 Å². The van der Waals surface area contributed by atoms with Gasteiger partial charge in [0.15, 0.2) is 5.82 Å². The molecule has 1 amide bonds. The number of anilines is 1. The zero-order valence-electron chi connectivity index (χ0n) is 15.9. The number of amides is 1. The Morgan fingerprint density at radius 1 is 1.00 bits per heavy atom. The number of pyridine rings is 1. The number of methoxy groups -OCH3 is 1. The summed E-state index contributed by atoms with van der Waals surface area (Å²) in [6.07, 6.45) is 1.52. The van der Waals surface area contributed by atoms with Crippen molar-refractivity contribution in [2.24, 2.45) is 0 Å². The Labute approximate surface area is 167 Å². The van der Waals surface area contributed by atoms with Crippen LogP contribution in [0.2, 0.25) is 0 Å². The lowest BCUT2D eigenvalue weighted by Gasteiger charge is -2.07. The van der Waals surface area contributed by atoms with Crippen LogP contribution in [-0.2, 0) is 4.74 Å². The van der Waals surface area contributed by atoms with Gasteiger partial charge in [-0.25, -0.2) is 14.5 Å². The third-order valence-electron chi connectivity index (χ3n) is 4.62. The number of fused-ring (bicyclic) bond motifs is 1. The molecule has 4 rings (SSSR count). The highest BCUT2D eigenvalue weighted by atomic mass is 16.5. The summed E-state index contributed by atoms with van der Waals surface area (Å²) < 4.78 is 6.31. The topological polar surface area (TPSA) is 86.1 Å². The molecule has 2 aromatic carbocycles. The number of esters is 1. The summed E-state index contributed by atoms with van der Waals surface area (Å²) in [5, 5.41) is 8.19. The minimum absolute atomic E-state index is 0.291. The Kier molecular flexibility index (Phi) is 4.78. The maximum Gasteiger partial charge on any atom is 0.337 e. The molecule has 144 valence electrons. The van der Waals surface area contributed by atoms with Crippen LogP contribution in [-0.4, -0.2) is 33.8 Å². The molecule has 2 aromatic heterocycles. The summed E-state index contributed by atoms with van der Waals surface area (Å²) >= 11 is 0. The number of nitrogens with one attached hydrogen (secondary N) is 1. The van der Waals surface area contributed by atoms with Crippen LogP contribution in [0.1, 0.15) is 26.4 Å². The predicted octanol–water partition coefficient (Wildman–Crippen LogP) is 3.77. The van der Waals surface area contributed by atoms with Crippen LogP contribution in [0.25, 0.3) is 16.7 Å². The molecule has 4 aromatic rings. The predicted molar refractivity (Wildman–Crippen MR) is 109 cm³/mol. The number of carbonyl (C=O) groups excluding carboxylic acids is 2. The highest BCUT2D eigenvalue weighted by Crippen LogP contribution is 2.18. The average molecular weight is 386 g/mol. The Morgan fingerprint density at radius 3 is 2.52 bits per heavy atom. The third kappa shape index (κ3) is 3.58. The Hall–Kier alpha value is -4.00. The number of nitrogens with zero attached hydrogens (tertiary/aromatic N) is 3. The summed E-state index contributed by atoms with van der Waals surface area (Å²) in [5.41, 5.74) is 2.96. The van der Waals surface area contributed by atoms with Crippen LogP contribution < -0.4 is 5.32 Å². The van der Waals surface area contributed by atoms with Gasteiger partial charge in [-0.05, 0) is 49.4 Å². The molecule has 0 saturated carbocycles. The van der Waals surface area contributed by atoms with E-state index in [9.17, 15) is 9.59 Å². The molecule has 7 nitrogen and oxygen atoms in total. The lowest BCUT2D eigenvalue weighted by molar-refractivity contribution is 0.0600. The molecular formula is C22H18N4O3. The second-order valence-corrected chi connectivity index (χ2v) is 6.44. The van der Waals surface area contributed by atoms with Crippen molar-refractivity contribution in [1.29, 1.82) is 0 Å². The minimum Gasteiger partial charge on any atom is -0.465 e. The van der Waals surface area contributed by atoms with Gasteiger partial charge in [0, 0.05) is 11.1 Å². The van der Waals surface area contributed by atoms with Crippen LogP contribution in [0, 0.1) is 6.92 Å². The Bertz CT molecular complexity index is 1210. The summed E-state index contributed by atoms with van der Waals surface area (Å²) in [4.78, 5) is 28.8. The van der Waals surface area contributed by atoms with Gasteiger partial charge in [0.25, 0.3) is 5.91 Å². The maximum atomic E-state index is 12.7. The minimum atomic E-state index is -0.428. The van der Waals surface area contributed by atoms with Crippen molar-refractivity contribution >= 4 is 28.5 Å². The molecule has 0 saturated heterocycles. The fraction of sp³-hybridized carbons (Fsp3) is 0.0909. The van der Waals surface area contributed by atoms with E-state index in [1.165, 1.54) is 13.3 Å². The highest BCUT2D eigenvalue weighted by Gasteiger charge is 2.16. The number of ether oxygens (including phenoxy) is 1. The molecule has 0 aliphatic carbocycles. The summed E-state index contributed by atoms with van der Waals surface area (Å²) in [5.74, 6) is -0.0779. The second-order valence-electron chi connectivity index (χ2n) is 6.44. The smallest absolute Gasteiger partial charge is 0.337 e. The van der Waals surface area contributed by atoms with E-state index in [1.54, 1.807) is 28.9 Å². The van der Waals surface area contributed by atoms with Gasteiger partial charge < -0.3 is 10.1 Å². The lowest BCUT2D eigenvalue weighted by atomic mass is 10.2. The van der Waals surface area contributed by atoms with Crippen molar-refractivity contribution in [1.82, 2.24) is 14.8 Å². The average Bonchev–Trinajstić information content (AvgIpc) is 3.14. The van der Waals surface area contributed by atoms with Gasteiger partial charge in [0.2, 0.25) is 0 Å². The molecule has 0 radical (unpaired) electrons. The molecular weight excluding hydrogens is 368 g/mol. The number of aromatic nitrogens is 3. The Balaban J connectivity index is 1.57. The number of rotatable bonds is 4. The summed E-state index contributed by atoms with van der Waals surface area (Å²) in [6, 6.07) is 18.1. The van der Waals surface area contributed by atoms with Crippen LogP contribution in [0.4, 0.5) is 5.69 Å². The van der Waals surface area contributed by atoms with Gasteiger partial charge >= 0.3 is 5.97 Å². The van der Waals surface area contributed by atoms with Crippen LogP contribution in [0.15, 0.2) is 66.9 Å². The molecule has 0 spiro atoms. The van der Waals surface area contributed by atoms with Crippen molar-refractivity contribution in [3.05, 3.63) is 83.7 Å². The van der Waals surface area contributed by atoms with Gasteiger partial charge in [-0.3, -0.25) is 4.79 Å². The third-order valence-corrected chi connectivity index (χ3v) is 4.62.